The maximum Gasteiger partial charge on any atom is 2.00 e. The molecule has 0 radical (unpaired) electrons. The van der Waals surface area contributed by atoms with Gasteiger partial charge >= 0.3 is 174 Å². The molecule has 0 spiro atoms. The van der Waals surface area contributed by atoms with Crippen LogP contribution in [-0.4, -0.2) is 150 Å². The van der Waals surface area contributed by atoms with E-state index in [9.17, 15) is 64.2 Å². The standard InChI is InChI=1S/C32H16N8.3C3H9NO5S2.3K.Zn/c1-2-10-18-17(9-1)25-33-26(18)38-28-21-13-5-6-14-22(21)30(35-28)40-32-24-16-8-7-15-23(24)31(36-32)39-29-20-12-4-3-11-19(20)27(34-29)37-25;2*1-10(5,6)4-2-3-11(7,8)9;1-4-10(5,6)2-3-11(7,8)9;;;;/h1-16H;3*4H,2-3H2,1H3,(H,7,8,9);;;;/q-2;;;;3*+1;+2/p-3. The van der Waals surface area contributed by atoms with Crippen LogP contribution >= 0.6 is 0 Å². The number of hydrogen-bond donors (Lipinski definition) is 3. The first kappa shape index (κ1) is 72.3. The molecule has 0 atom stereocenters. The summed E-state index contributed by atoms with van der Waals surface area (Å²) in [6, 6.07) is 31.8. The van der Waals surface area contributed by atoms with Gasteiger partial charge in [0.15, 0.2) is 0 Å². The molecule has 2 aliphatic heterocycles. The van der Waals surface area contributed by atoms with Crippen molar-refractivity contribution in [1.82, 2.24) is 54.0 Å². The zero-order chi connectivity index (χ0) is 53.6. The molecular weight excluding hydrogens is 1260 g/mol. The predicted molar refractivity (Wildman–Crippen MR) is 266 cm³/mol. The molecule has 0 amide bonds. The molecule has 4 aromatic carbocycles. The predicted octanol–water partition coefficient (Wildman–Crippen LogP) is -8.62. The van der Waals surface area contributed by atoms with Crippen molar-refractivity contribution in [3.8, 4) is 45.6 Å². The van der Waals surface area contributed by atoms with E-state index in [0.29, 0.717) is 45.9 Å². The minimum Gasteiger partial charge on any atom is -0.748 e. The number of rotatable bonds is 12. The van der Waals surface area contributed by atoms with Gasteiger partial charge in [0.05, 0.1) is 89.2 Å². The van der Waals surface area contributed by atoms with Crippen molar-refractivity contribution >= 4 is 105 Å². The van der Waals surface area contributed by atoms with E-state index in [1.54, 1.807) is 0 Å². The molecular formula is C41H40K3N11O15S6Zn. The molecule has 0 saturated heterocycles. The molecule has 0 fully saturated rings. The third kappa shape index (κ3) is 22.7. The Morgan fingerprint density at radius 3 is 0.870 bits per heavy atom. The van der Waals surface area contributed by atoms with E-state index in [-0.39, 0.29) is 187 Å². The average molecular weight is 1300 g/mol. The van der Waals surface area contributed by atoms with Gasteiger partial charge in [-0.3, -0.25) is 0 Å². The van der Waals surface area contributed by atoms with Gasteiger partial charge in [-0.25, -0.2) is 74.6 Å². The summed E-state index contributed by atoms with van der Waals surface area (Å²) in [6.45, 7) is -0.741. The number of nitrogens with zero attached hydrogens (tertiary/aromatic N) is 8. The summed E-state index contributed by atoms with van der Waals surface area (Å²) < 4.78 is 157. The van der Waals surface area contributed by atoms with Gasteiger partial charge in [-0.15, -0.1) is 0 Å². The molecule has 0 saturated carbocycles. The molecule has 2 aliphatic rings. The van der Waals surface area contributed by atoms with Gasteiger partial charge in [0, 0.05) is 57.9 Å². The van der Waals surface area contributed by atoms with E-state index in [4.69, 9.17) is 39.9 Å². The fourth-order valence-corrected chi connectivity index (χ4v) is 10.3. The average Bonchev–Trinajstić information content (AvgIpc) is 4.03. The van der Waals surface area contributed by atoms with Crippen molar-refractivity contribution in [2.45, 2.75) is 0 Å². The van der Waals surface area contributed by atoms with Gasteiger partial charge in [0.2, 0.25) is 30.1 Å². The SMILES string of the molecule is CNS(=O)(=O)CCS(=O)(=O)[O-].CS(=O)(=O)NCCS(=O)(=O)[O-].CS(=O)(=O)NCCS(=O)(=O)[O-].[K+].[K+].[K+].[Zn+2].c1ccc2c(c1)-c1nc-2nc2[n-]c(nc3nc(nc4[n-]c(n1)c1ccccc41)-c1ccccc1-3)c1ccccc21. The van der Waals surface area contributed by atoms with Crippen LogP contribution in [0.25, 0.3) is 89.7 Å². The van der Waals surface area contributed by atoms with Gasteiger partial charge in [0.1, 0.15) is 0 Å². The maximum absolute atomic E-state index is 10.5. The van der Waals surface area contributed by atoms with E-state index in [1.165, 1.54) is 0 Å². The Hall–Kier alpha value is -0.768. The van der Waals surface area contributed by atoms with E-state index in [2.05, 4.69) is 0 Å². The maximum atomic E-state index is 10.5. The molecule has 8 bridgehead atoms. The van der Waals surface area contributed by atoms with Gasteiger partial charge < -0.3 is 43.6 Å². The third-order valence-corrected chi connectivity index (χ3v) is 14.9. The molecule has 0 unspecified atom stereocenters. The third-order valence-electron chi connectivity index (χ3n) is 9.68. The molecule has 390 valence electrons. The minimum absolute atomic E-state index is 0. The minimum atomic E-state index is -4.44. The molecule has 7 aromatic rings. The van der Waals surface area contributed by atoms with Crippen LogP contribution in [0.1, 0.15) is 0 Å². The summed E-state index contributed by atoms with van der Waals surface area (Å²) >= 11 is 0. The summed E-state index contributed by atoms with van der Waals surface area (Å²) in [5, 5.41) is 3.57. The molecule has 77 heavy (non-hydrogen) atoms. The number of hydrogen-bond acceptors (Lipinski definition) is 21. The monoisotopic (exact) mass is 1300 g/mol. The van der Waals surface area contributed by atoms with Gasteiger partial charge in [-0.2, -0.15) is 0 Å². The van der Waals surface area contributed by atoms with Gasteiger partial charge in [0.25, 0.3) is 0 Å². The van der Waals surface area contributed by atoms with Crippen molar-refractivity contribution in [2.75, 3.05) is 55.7 Å². The molecule has 26 nitrogen and oxygen atoms in total. The first-order chi connectivity index (χ1) is 34.0. The van der Waals surface area contributed by atoms with Crippen molar-refractivity contribution in [2.24, 2.45) is 0 Å². The topological polar surface area (TPSA) is 416 Å². The summed E-state index contributed by atoms with van der Waals surface area (Å²) in [6.07, 6.45) is 1.76. The second-order valence-electron chi connectivity index (χ2n) is 15.3. The van der Waals surface area contributed by atoms with Gasteiger partial charge in [-0.05, 0) is 28.6 Å². The Labute approximate surface area is 584 Å². The number of fused-ring (bicyclic) bond motifs is 20. The van der Waals surface area contributed by atoms with E-state index >= 15 is 0 Å². The fourth-order valence-electron chi connectivity index (χ4n) is 6.48. The molecule has 36 heteroatoms. The van der Waals surface area contributed by atoms with Crippen LogP contribution in [0.5, 0.6) is 0 Å². The van der Waals surface area contributed by atoms with Crippen LogP contribution in [0.4, 0.5) is 0 Å². The van der Waals surface area contributed by atoms with Crippen LogP contribution in [0, 0.1) is 0 Å². The van der Waals surface area contributed by atoms with Crippen LogP contribution in [0.15, 0.2) is 97.1 Å². The molecule has 3 N–H and O–H groups in total. The number of sulfonamides is 3. The van der Waals surface area contributed by atoms with E-state index < -0.39 is 83.4 Å². The second-order valence-corrected chi connectivity index (χ2v) is 25.6. The smallest absolute Gasteiger partial charge is 0.748 e. The van der Waals surface area contributed by atoms with Crippen LogP contribution in [0.2, 0.25) is 0 Å². The summed E-state index contributed by atoms with van der Waals surface area (Å²) in [7, 11) is -22.3. The number of aromatic nitrogens is 8. The number of benzene rings is 4. The van der Waals surface area contributed by atoms with Crippen LogP contribution in [-0.2, 0) is 79.9 Å². The van der Waals surface area contributed by atoms with Crippen molar-refractivity contribution in [3.63, 3.8) is 0 Å². The molecule has 9 rings (SSSR count). The zero-order valence-electron chi connectivity index (χ0n) is 41.8. The quantitative estimate of drug-likeness (QED) is 0.0755. The second kappa shape index (κ2) is 30.7. The Balaban J connectivity index is 0.000000455. The summed E-state index contributed by atoms with van der Waals surface area (Å²) in [4.78, 5) is 39.3. The molecule has 3 aromatic heterocycles. The van der Waals surface area contributed by atoms with E-state index in [1.807, 2.05) is 111 Å². The van der Waals surface area contributed by atoms with Crippen molar-refractivity contribution in [3.05, 3.63) is 97.1 Å². The first-order valence-corrected chi connectivity index (χ1v) is 30.8. The largest absolute Gasteiger partial charge is 2.00 e. The zero-order valence-corrected chi connectivity index (χ0v) is 59.1. The van der Waals surface area contributed by atoms with Crippen LogP contribution < -0.4 is 178 Å². The Morgan fingerprint density at radius 1 is 0.403 bits per heavy atom. The summed E-state index contributed by atoms with van der Waals surface area (Å²) in [5.41, 5.74) is 5.78. The Kier molecular flexibility index (Phi) is 28.8. The summed E-state index contributed by atoms with van der Waals surface area (Å²) in [5.74, 6) is -0.814. The van der Waals surface area contributed by atoms with Gasteiger partial charge in [-0.1, -0.05) is 97.1 Å². The Morgan fingerprint density at radius 2 is 0.649 bits per heavy atom. The van der Waals surface area contributed by atoms with Crippen molar-refractivity contribution in [1.29, 1.82) is 0 Å². The van der Waals surface area contributed by atoms with Crippen molar-refractivity contribution < 1.29 is 238 Å². The fraction of sp³-hybridized carbons (Fsp3) is 0.220. The first-order valence-electron chi connectivity index (χ1n) is 20.7. The number of nitrogens with one attached hydrogen (secondary N) is 3. The van der Waals surface area contributed by atoms with E-state index in [0.717, 1.165) is 63.4 Å². The molecule has 5 heterocycles. The molecule has 0 aliphatic carbocycles. The Bertz CT molecular complexity index is 3680. The normalized spacial score (nSPS) is 11.9. The van der Waals surface area contributed by atoms with Crippen LogP contribution in [0.3, 0.4) is 0 Å².